The molecule has 0 spiro atoms. The average molecular weight is 232 g/mol. The molecule has 90 valence electrons. The third-order valence-electron chi connectivity index (χ3n) is 2.34. The van der Waals surface area contributed by atoms with Crippen LogP contribution in [-0.2, 0) is 6.54 Å². The zero-order valence-corrected chi connectivity index (χ0v) is 10.2. The summed E-state index contributed by atoms with van der Waals surface area (Å²) in [5.41, 5.74) is 2.18. The first kappa shape index (κ1) is 13.3. The van der Waals surface area contributed by atoms with Crippen LogP contribution >= 0.6 is 0 Å². The highest BCUT2D eigenvalue weighted by molar-refractivity contribution is 5.80. The molecule has 1 aromatic carbocycles. The monoisotopic (exact) mass is 232 g/mol. The maximum Gasteiger partial charge on any atom is 0.128 e. The lowest BCUT2D eigenvalue weighted by Crippen LogP contribution is -2.09. The average Bonchev–Trinajstić information content (AvgIpc) is 2.34. The minimum Gasteiger partial charge on any atom is -0.316 e. The number of allylic oxidation sites excluding steroid dienone is 2. The third kappa shape index (κ3) is 3.36. The van der Waals surface area contributed by atoms with Gasteiger partial charge in [0.1, 0.15) is 5.82 Å². The molecule has 0 aliphatic heterocycles. The number of aliphatic imine (C=N–C) groups is 1. The van der Waals surface area contributed by atoms with E-state index < -0.39 is 0 Å². The molecule has 0 radical (unpaired) electrons. The molecule has 0 unspecified atom stereocenters. The van der Waals surface area contributed by atoms with Crippen LogP contribution in [0.1, 0.15) is 18.1 Å². The lowest BCUT2D eigenvalue weighted by Gasteiger charge is -2.10. The van der Waals surface area contributed by atoms with E-state index in [0.717, 1.165) is 11.3 Å². The fourth-order valence-electron chi connectivity index (χ4n) is 1.59. The normalized spacial score (nSPS) is 12.1. The first-order valence-corrected chi connectivity index (χ1v) is 5.48. The van der Waals surface area contributed by atoms with Gasteiger partial charge in [0.2, 0.25) is 0 Å². The summed E-state index contributed by atoms with van der Waals surface area (Å²) in [6, 6.07) is 5.02. The van der Waals surface area contributed by atoms with Crippen LogP contribution in [0.25, 0.3) is 5.70 Å². The van der Waals surface area contributed by atoms with E-state index in [1.54, 1.807) is 25.4 Å². The van der Waals surface area contributed by atoms with Crippen molar-refractivity contribution in [2.24, 2.45) is 4.99 Å². The minimum absolute atomic E-state index is 0.218. The van der Waals surface area contributed by atoms with Crippen molar-refractivity contribution in [1.29, 1.82) is 0 Å². The molecule has 1 N–H and O–H groups in total. The van der Waals surface area contributed by atoms with Crippen LogP contribution in [0.4, 0.5) is 4.39 Å². The summed E-state index contributed by atoms with van der Waals surface area (Å²) in [5.74, 6) is -0.218. The predicted octanol–water partition coefficient (Wildman–Crippen LogP) is 3.16. The molecule has 1 rings (SSSR count). The van der Waals surface area contributed by atoms with E-state index in [0.29, 0.717) is 12.1 Å². The summed E-state index contributed by atoms with van der Waals surface area (Å²) in [5, 5.41) is 2.96. The van der Waals surface area contributed by atoms with Gasteiger partial charge in [0.25, 0.3) is 0 Å². The van der Waals surface area contributed by atoms with Gasteiger partial charge in [-0.3, -0.25) is 4.99 Å². The van der Waals surface area contributed by atoms with Crippen LogP contribution in [0.3, 0.4) is 0 Å². The molecule has 17 heavy (non-hydrogen) atoms. The van der Waals surface area contributed by atoms with E-state index in [2.05, 4.69) is 16.9 Å². The lowest BCUT2D eigenvalue weighted by molar-refractivity contribution is 0.600. The molecule has 0 saturated carbocycles. The van der Waals surface area contributed by atoms with Crippen molar-refractivity contribution in [2.45, 2.75) is 13.5 Å². The second kappa shape index (κ2) is 6.76. The second-order valence-electron chi connectivity index (χ2n) is 3.48. The Morgan fingerprint density at radius 1 is 1.53 bits per heavy atom. The van der Waals surface area contributed by atoms with Crippen molar-refractivity contribution in [1.82, 2.24) is 5.32 Å². The van der Waals surface area contributed by atoms with Crippen molar-refractivity contribution in [3.05, 3.63) is 53.9 Å². The van der Waals surface area contributed by atoms with Gasteiger partial charge in [-0.2, -0.15) is 0 Å². The first-order valence-electron chi connectivity index (χ1n) is 5.48. The molecule has 0 aliphatic rings. The molecule has 0 bridgehead atoms. The zero-order chi connectivity index (χ0) is 12.7. The molecule has 1 aromatic rings. The summed E-state index contributed by atoms with van der Waals surface area (Å²) in [6.45, 7) is 5.93. The number of nitrogens with zero attached hydrogens (tertiary/aromatic N) is 1. The van der Waals surface area contributed by atoms with Crippen molar-refractivity contribution in [2.75, 3.05) is 7.05 Å². The SMILES string of the molecule is C=CC=N/C(=C\C)c1cccc(F)c1CNC. The highest BCUT2D eigenvalue weighted by atomic mass is 19.1. The van der Waals surface area contributed by atoms with Gasteiger partial charge in [0.15, 0.2) is 0 Å². The molecular weight excluding hydrogens is 215 g/mol. The van der Waals surface area contributed by atoms with Gasteiger partial charge in [-0.25, -0.2) is 4.39 Å². The fourth-order valence-corrected chi connectivity index (χ4v) is 1.59. The Hall–Kier alpha value is -1.74. The van der Waals surface area contributed by atoms with Crippen molar-refractivity contribution >= 4 is 11.9 Å². The lowest BCUT2D eigenvalue weighted by atomic mass is 10.0. The summed E-state index contributed by atoms with van der Waals surface area (Å²) < 4.78 is 13.7. The first-order chi connectivity index (χ1) is 8.24. The fraction of sp³-hybridized carbons (Fsp3) is 0.214. The van der Waals surface area contributed by atoms with Crippen LogP contribution in [0.5, 0.6) is 0 Å². The summed E-state index contributed by atoms with van der Waals surface area (Å²) in [4.78, 5) is 4.24. The molecule has 2 nitrogen and oxygen atoms in total. The number of halogens is 1. The van der Waals surface area contributed by atoms with Crippen LogP contribution in [0.2, 0.25) is 0 Å². The zero-order valence-electron chi connectivity index (χ0n) is 10.2. The molecule has 0 heterocycles. The van der Waals surface area contributed by atoms with Crippen molar-refractivity contribution < 1.29 is 4.39 Å². The van der Waals surface area contributed by atoms with Gasteiger partial charge >= 0.3 is 0 Å². The van der Waals surface area contributed by atoms with E-state index in [4.69, 9.17) is 0 Å². The largest absolute Gasteiger partial charge is 0.316 e. The summed E-state index contributed by atoms with van der Waals surface area (Å²) in [6.07, 6.45) is 5.05. The molecule has 0 atom stereocenters. The van der Waals surface area contributed by atoms with Gasteiger partial charge in [-0.05, 0) is 20.0 Å². The van der Waals surface area contributed by atoms with E-state index in [9.17, 15) is 4.39 Å². The van der Waals surface area contributed by atoms with Gasteiger partial charge in [-0.1, -0.05) is 30.9 Å². The van der Waals surface area contributed by atoms with E-state index >= 15 is 0 Å². The van der Waals surface area contributed by atoms with Crippen LogP contribution in [0, 0.1) is 5.82 Å². The third-order valence-corrected chi connectivity index (χ3v) is 2.34. The van der Waals surface area contributed by atoms with Gasteiger partial charge in [-0.15, -0.1) is 0 Å². The summed E-state index contributed by atoms with van der Waals surface area (Å²) >= 11 is 0. The maximum atomic E-state index is 13.7. The van der Waals surface area contributed by atoms with Gasteiger partial charge < -0.3 is 5.32 Å². The standard InChI is InChI=1S/C14H17FN2/c1-4-9-17-14(5-2)11-7-6-8-13(15)12(11)10-16-3/h4-9,16H,1,10H2,2-3H3/b14-5-,17-9?. The van der Waals surface area contributed by atoms with Crippen molar-refractivity contribution in [3.63, 3.8) is 0 Å². The van der Waals surface area contributed by atoms with E-state index in [1.165, 1.54) is 6.07 Å². The molecule has 0 aromatic heterocycles. The Kier molecular flexibility index (Phi) is 5.30. The smallest absolute Gasteiger partial charge is 0.128 e. The topological polar surface area (TPSA) is 24.4 Å². The van der Waals surface area contributed by atoms with Crippen LogP contribution in [0.15, 0.2) is 41.9 Å². The quantitative estimate of drug-likeness (QED) is 0.775. The molecular formula is C14H17FN2. The molecule has 0 fully saturated rings. The predicted molar refractivity (Wildman–Crippen MR) is 71.5 cm³/mol. The van der Waals surface area contributed by atoms with Crippen LogP contribution < -0.4 is 5.32 Å². The number of rotatable bonds is 5. The van der Waals surface area contributed by atoms with E-state index in [1.807, 2.05) is 19.1 Å². The Balaban J connectivity index is 3.23. The Labute approximate surface area is 102 Å². The van der Waals surface area contributed by atoms with Gasteiger partial charge in [0, 0.05) is 23.9 Å². The number of hydrogen-bond acceptors (Lipinski definition) is 2. The summed E-state index contributed by atoms with van der Waals surface area (Å²) in [7, 11) is 1.79. The molecule has 3 heteroatoms. The Morgan fingerprint density at radius 3 is 2.88 bits per heavy atom. The van der Waals surface area contributed by atoms with E-state index in [-0.39, 0.29) is 5.82 Å². The second-order valence-corrected chi connectivity index (χ2v) is 3.48. The van der Waals surface area contributed by atoms with Crippen molar-refractivity contribution in [3.8, 4) is 0 Å². The molecule has 0 amide bonds. The molecule has 0 saturated heterocycles. The van der Waals surface area contributed by atoms with Crippen LogP contribution in [-0.4, -0.2) is 13.3 Å². The highest BCUT2D eigenvalue weighted by Crippen LogP contribution is 2.22. The number of nitrogens with one attached hydrogen (secondary N) is 1. The highest BCUT2D eigenvalue weighted by Gasteiger charge is 2.09. The maximum absolute atomic E-state index is 13.7. The molecule has 0 aliphatic carbocycles. The minimum atomic E-state index is -0.218. The van der Waals surface area contributed by atoms with Gasteiger partial charge in [0.05, 0.1) is 5.70 Å². The Morgan fingerprint density at radius 2 is 2.29 bits per heavy atom. The Bertz CT molecular complexity index is 448. The number of benzene rings is 1. The number of hydrogen-bond donors (Lipinski definition) is 1.